The van der Waals surface area contributed by atoms with Crippen molar-refractivity contribution in [1.29, 1.82) is 0 Å². The summed E-state index contributed by atoms with van der Waals surface area (Å²) in [5.74, 6) is -0.954. The van der Waals surface area contributed by atoms with Crippen LogP contribution in [0.15, 0.2) is 30.3 Å². The molecule has 6 heteroatoms. The molecule has 2 N–H and O–H groups in total. The molecule has 1 unspecified atom stereocenters. The van der Waals surface area contributed by atoms with Crippen LogP contribution >= 0.6 is 0 Å². The van der Waals surface area contributed by atoms with E-state index >= 15 is 0 Å². The lowest BCUT2D eigenvalue weighted by Gasteiger charge is -2.14. The Hall–Kier alpha value is -2.63. The van der Waals surface area contributed by atoms with Crippen LogP contribution in [0.1, 0.15) is 46.7 Å². The van der Waals surface area contributed by atoms with E-state index in [9.17, 15) is 9.59 Å². The third-order valence-electron chi connectivity index (χ3n) is 3.88. The number of nitrogens with zero attached hydrogens (tertiary/aromatic N) is 2. The second kappa shape index (κ2) is 7.77. The van der Waals surface area contributed by atoms with Crippen LogP contribution in [0.4, 0.5) is 0 Å². The summed E-state index contributed by atoms with van der Waals surface area (Å²) in [6.07, 6.45) is 1.04. The molecule has 1 aromatic carbocycles. The summed E-state index contributed by atoms with van der Waals surface area (Å²) in [6.45, 7) is 6.42. The summed E-state index contributed by atoms with van der Waals surface area (Å²) < 4.78 is 1.87. The number of carbonyl (C=O) groups is 2. The van der Waals surface area contributed by atoms with Gasteiger partial charge in [0, 0.05) is 18.7 Å². The standard InChI is InChI=1S/C18H23N3O3/c1-12-10-13(2)21(20-12)14(3)11-17(22)19-9-8-15-4-6-16(7-5-15)18(23)24/h4-7,10,14H,8-9,11H2,1-3H3,(H,19,22)(H,23,24). The summed E-state index contributed by atoms with van der Waals surface area (Å²) in [5.41, 5.74) is 3.25. The maximum atomic E-state index is 12.0. The van der Waals surface area contributed by atoms with Crippen LogP contribution in [0.3, 0.4) is 0 Å². The van der Waals surface area contributed by atoms with Crippen molar-refractivity contribution in [3.05, 3.63) is 52.8 Å². The maximum Gasteiger partial charge on any atom is 0.335 e. The van der Waals surface area contributed by atoms with E-state index in [1.165, 1.54) is 0 Å². The molecule has 0 aliphatic heterocycles. The van der Waals surface area contributed by atoms with E-state index in [4.69, 9.17) is 5.11 Å². The van der Waals surface area contributed by atoms with Crippen molar-refractivity contribution in [2.75, 3.05) is 6.54 Å². The molecule has 0 saturated heterocycles. The van der Waals surface area contributed by atoms with Crippen LogP contribution in [0, 0.1) is 13.8 Å². The minimum Gasteiger partial charge on any atom is -0.478 e. The quantitative estimate of drug-likeness (QED) is 0.817. The molecular formula is C18H23N3O3. The van der Waals surface area contributed by atoms with E-state index in [-0.39, 0.29) is 17.5 Å². The minimum atomic E-state index is -0.937. The number of aromatic nitrogens is 2. The molecule has 1 amide bonds. The van der Waals surface area contributed by atoms with Crippen LogP contribution < -0.4 is 5.32 Å². The number of rotatable bonds is 7. The molecule has 6 nitrogen and oxygen atoms in total. The second-order valence-corrected chi connectivity index (χ2v) is 6.03. The summed E-state index contributed by atoms with van der Waals surface area (Å²) in [5, 5.41) is 16.2. The molecule has 1 heterocycles. The molecule has 128 valence electrons. The highest BCUT2D eigenvalue weighted by Gasteiger charge is 2.13. The fourth-order valence-corrected chi connectivity index (χ4v) is 2.68. The third-order valence-corrected chi connectivity index (χ3v) is 3.88. The van der Waals surface area contributed by atoms with Gasteiger partial charge in [-0.3, -0.25) is 9.48 Å². The van der Waals surface area contributed by atoms with E-state index in [0.717, 1.165) is 17.0 Å². The number of benzene rings is 1. The van der Waals surface area contributed by atoms with Gasteiger partial charge in [0.15, 0.2) is 0 Å². The topological polar surface area (TPSA) is 84.2 Å². The first-order valence-corrected chi connectivity index (χ1v) is 7.98. The van der Waals surface area contributed by atoms with Gasteiger partial charge in [-0.15, -0.1) is 0 Å². The Morgan fingerprint density at radius 2 is 1.92 bits per heavy atom. The monoisotopic (exact) mass is 329 g/mol. The molecule has 0 fully saturated rings. The molecule has 0 saturated carbocycles. The molecule has 2 aromatic rings. The van der Waals surface area contributed by atoms with Crippen molar-refractivity contribution in [2.45, 2.75) is 39.7 Å². The average molecular weight is 329 g/mol. The van der Waals surface area contributed by atoms with Gasteiger partial charge in [0.05, 0.1) is 17.3 Å². The van der Waals surface area contributed by atoms with Crippen molar-refractivity contribution in [1.82, 2.24) is 15.1 Å². The Morgan fingerprint density at radius 3 is 2.46 bits per heavy atom. The number of carboxylic acids is 1. The minimum absolute atomic E-state index is 0.00792. The predicted octanol–water partition coefficient (Wildman–Crippen LogP) is 2.51. The van der Waals surface area contributed by atoms with Crippen molar-refractivity contribution in [3.8, 4) is 0 Å². The van der Waals surface area contributed by atoms with Gasteiger partial charge in [-0.1, -0.05) is 12.1 Å². The van der Waals surface area contributed by atoms with Crippen molar-refractivity contribution < 1.29 is 14.7 Å². The van der Waals surface area contributed by atoms with Crippen LogP contribution in [0.5, 0.6) is 0 Å². The lowest BCUT2D eigenvalue weighted by Crippen LogP contribution is -2.28. The van der Waals surface area contributed by atoms with Gasteiger partial charge < -0.3 is 10.4 Å². The van der Waals surface area contributed by atoms with Crippen molar-refractivity contribution >= 4 is 11.9 Å². The predicted molar refractivity (Wildman–Crippen MR) is 91.1 cm³/mol. The lowest BCUT2D eigenvalue weighted by molar-refractivity contribution is -0.121. The fourth-order valence-electron chi connectivity index (χ4n) is 2.68. The Balaban J connectivity index is 1.78. The van der Waals surface area contributed by atoms with Gasteiger partial charge in [0.1, 0.15) is 0 Å². The maximum absolute atomic E-state index is 12.0. The summed E-state index contributed by atoms with van der Waals surface area (Å²) in [6, 6.07) is 8.69. The first-order chi connectivity index (χ1) is 11.4. The van der Waals surface area contributed by atoms with E-state index < -0.39 is 5.97 Å². The van der Waals surface area contributed by atoms with Gasteiger partial charge >= 0.3 is 5.97 Å². The van der Waals surface area contributed by atoms with Gasteiger partial charge in [-0.2, -0.15) is 5.10 Å². The Morgan fingerprint density at radius 1 is 1.25 bits per heavy atom. The van der Waals surface area contributed by atoms with E-state index in [1.54, 1.807) is 24.3 Å². The molecular weight excluding hydrogens is 306 g/mol. The zero-order valence-corrected chi connectivity index (χ0v) is 14.2. The Labute approximate surface area is 141 Å². The zero-order valence-electron chi connectivity index (χ0n) is 14.2. The lowest BCUT2D eigenvalue weighted by atomic mass is 10.1. The van der Waals surface area contributed by atoms with Crippen molar-refractivity contribution in [3.63, 3.8) is 0 Å². The molecule has 2 rings (SSSR count). The third kappa shape index (κ3) is 4.68. The van der Waals surface area contributed by atoms with Crippen LogP contribution in [0.2, 0.25) is 0 Å². The fraction of sp³-hybridized carbons (Fsp3) is 0.389. The van der Waals surface area contributed by atoms with E-state index in [0.29, 0.717) is 19.4 Å². The SMILES string of the molecule is Cc1cc(C)n(C(C)CC(=O)NCCc2ccc(C(=O)O)cc2)n1. The molecule has 0 radical (unpaired) electrons. The first-order valence-electron chi connectivity index (χ1n) is 7.98. The normalized spacial score (nSPS) is 12.0. The van der Waals surface area contributed by atoms with Crippen LogP contribution in [-0.4, -0.2) is 33.3 Å². The largest absolute Gasteiger partial charge is 0.478 e. The number of aromatic carboxylic acids is 1. The Kier molecular flexibility index (Phi) is 5.73. The molecule has 0 spiro atoms. The number of aryl methyl sites for hydroxylation is 2. The molecule has 0 aliphatic carbocycles. The van der Waals surface area contributed by atoms with E-state index in [2.05, 4.69) is 10.4 Å². The highest BCUT2D eigenvalue weighted by molar-refractivity contribution is 5.87. The average Bonchev–Trinajstić information content (AvgIpc) is 2.86. The van der Waals surface area contributed by atoms with Gasteiger partial charge in [0.2, 0.25) is 5.91 Å². The van der Waals surface area contributed by atoms with E-state index in [1.807, 2.05) is 31.5 Å². The number of nitrogens with one attached hydrogen (secondary N) is 1. The van der Waals surface area contributed by atoms with Crippen molar-refractivity contribution in [2.24, 2.45) is 0 Å². The number of hydrogen-bond donors (Lipinski definition) is 2. The highest BCUT2D eigenvalue weighted by Crippen LogP contribution is 2.14. The summed E-state index contributed by atoms with van der Waals surface area (Å²) in [4.78, 5) is 22.8. The van der Waals surface area contributed by atoms with Gasteiger partial charge in [0.25, 0.3) is 0 Å². The number of amides is 1. The molecule has 0 aliphatic rings. The van der Waals surface area contributed by atoms with Crippen LogP contribution in [-0.2, 0) is 11.2 Å². The van der Waals surface area contributed by atoms with Gasteiger partial charge in [-0.25, -0.2) is 4.79 Å². The number of carbonyl (C=O) groups excluding carboxylic acids is 1. The van der Waals surface area contributed by atoms with Crippen LogP contribution in [0.25, 0.3) is 0 Å². The summed E-state index contributed by atoms with van der Waals surface area (Å²) >= 11 is 0. The number of carboxylic acid groups (broad SMARTS) is 1. The molecule has 0 bridgehead atoms. The second-order valence-electron chi connectivity index (χ2n) is 6.03. The molecule has 1 aromatic heterocycles. The molecule has 1 atom stereocenters. The smallest absolute Gasteiger partial charge is 0.335 e. The summed E-state index contributed by atoms with van der Waals surface area (Å²) in [7, 11) is 0. The first kappa shape index (κ1) is 17.7. The highest BCUT2D eigenvalue weighted by atomic mass is 16.4. The zero-order chi connectivity index (χ0) is 17.7. The number of hydrogen-bond acceptors (Lipinski definition) is 3. The Bertz CT molecular complexity index is 720. The molecule has 24 heavy (non-hydrogen) atoms. The van der Waals surface area contributed by atoms with Gasteiger partial charge in [-0.05, 0) is 51.0 Å².